The maximum Gasteiger partial charge on any atom is 0.345 e. The molecule has 138 valence electrons. The van der Waals surface area contributed by atoms with Crippen molar-refractivity contribution < 1.29 is 19.1 Å². The van der Waals surface area contributed by atoms with Crippen LogP contribution >= 0.6 is 0 Å². The van der Waals surface area contributed by atoms with Crippen LogP contribution in [0.15, 0.2) is 59.6 Å². The molecule has 0 saturated heterocycles. The van der Waals surface area contributed by atoms with E-state index < -0.39 is 0 Å². The van der Waals surface area contributed by atoms with Crippen LogP contribution < -0.4 is 10.1 Å². The number of ether oxygens (including phenoxy) is 2. The number of allylic oxidation sites excluding steroid dienone is 3. The first kappa shape index (κ1) is 18.1. The van der Waals surface area contributed by atoms with Gasteiger partial charge in [-0.3, -0.25) is 4.84 Å². The molecule has 0 spiro atoms. The van der Waals surface area contributed by atoms with E-state index in [-0.39, 0.29) is 6.03 Å². The molecule has 1 unspecified atom stereocenters. The summed E-state index contributed by atoms with van der Waals surface area (Å²) in [4.78, 5) is 16.6. The van der Waals surface area contributed by atoms with E-state index in [0.717, 1.165) is 23.7 Å². The number of rotatable bonds is 6. The first-order valence-electron chi connectivity index (χ1n) is 8.64. The Morgan fingerprint density at radius 1 is 1.35 bits per heavy atom. The highest BCUT2D eigenvalue weighted by atomic mass is 16.7. The van der Waals surface area contributed by atoms with Crippen molar-refractivity contribution in [3.05, 3.63) is 59.6 Å². The Labute approximate surface area is 153 Å². The molecule has 1 aromatic carbocycles. The van der Waals surface area contributed by atoms with E-state index in [2.05, 4.69) is 12.2 Å². The molecule has 0 radical (unpaired) electrons. The summed E-state index contributed by atoms with van der Waals surface area (Å²) in [6, 6.07) is 6.96. The molecular weight excluding hydrogens is 332 g/mol. The van der Waals surface area contributed by atoms with Crippen molar-refractivity contribution in [1.29, 1.82) is 0 Å². The van der Waals surface area contributed by atoms with Gasteiger partial charge in [-0.15, -0.1) is 0 Å². The molecule has 6 nitrogen and oxygen atoms in total. The predicted molar refractivity (Wildman–Crippen MR) is 99.5 cm³/mol. The number of hydroxylamine groups is 2. The van der Waals surface area contributed by atoms with Gasteiger partial charge in [-0.05, 0) is 53.8 Å². The van der Waals surface area contributed by atoms with Crippen LogP contribution in [0.1, 0.15) is 19.8 Å². The Kier molecular flexibility index (Phi) is 5.63. The van der Waals surface area contributed by atoms with Gasteiger partial charge in [0.25, 0.3) is 0 Å². The first-order valence-corrected chi connectivity index (χ1v) is 8.64. The van der Waals surface area contributed by atoms with Crippen molar-refractivity contribution >= 4 is 11.7 Å². The highest BCUT2D eigenvalue weighted by Gasteiger charge is 2.26. The third-order valence-corrected chi connectivity index (χ3v) is 4.64. The lowest BCUT2D eigenvalue weighted by Crippen LogP contribution is -2.30. The lowest BCUT2D eigenvalue weighted by molar-refractivity contribution is -0.0598. The summed E-state index contributed by atoms with van der Waals surface area (Å²) in [6.45, 7) is 2.85. The summed E-state index contributed by atoms with van der Waals surface area (Å²) in [5.74, 6) is 1.29. The molecule has 1 heterocycles. The quantitative estimate of drug-likeness (QED) is 0.774. The number of hydrogen-bond donors (Lipinski definition) is 1. The maximum atomic E-state index is 11.7. The van der Waals surface area contributed by atoms with Gasteiger partial charge in [-0.25, -0.2) is 9.86 Å². The zero-order valence-corrected chi connectivity index (χ0v) is 15.3. The van der Waals surface area contributed by atoms with Gasteiger partial charge in [0.05, 0.1) is 26.2 Å². The standard InChI is InChI=1S/C20H24N2O4/c1-14-12-15-13-25-10-8-19(15)18(14)9-11-26-17-6-4-16(5-7-17)21-20(23)22(2)24-3/h4-8,10,13-14H,9,11-12H2,1-3H3,(H,21,23). The number of fused-ring (bicyclic) bond motifs is 1. The van der Waals surface area contributed by atoms with E-state index >= 15 is 0 Å². The van der Waals surface area contributed by atoms with Crippen LogP contribution in [-0.2, 0) is 9.57 Å². The Hall–Kier alpha value is -2.73. The van der Waals surface area contributed by atoms with E-state index in [1.807, 2.05) is 24.5 Å². The summed E-state index contributed by atoms with van der Waals surface area (Å²) in [6.07, 6.45) is 7.52. The van der Waals surface area contributed by atoms with Crippen LogP contribution in [0, 0.1) is 5.92 Å². The number of hydrogen-bond acceptors (Lipinski definition) is 4. The van der Waals surface area contributed by atoms with Crippen LogP contribution in [0.5, 0.6) is 5.75 Å². The fourth-order valence-electron chi connectivity index (χ4n) is 3.17. The van der Waals surface area contributed by atoms with Crippen molar-refractivity contribution in [2.75, 3.05) is 26.1 Å². The molecule has 1 aliphatic heterocycles. The van der Waals surface area contributed by atoms with Crippen LogP contribution in [-0.4, -0.2) is 31.9 Å². The molecule has 2 amide bonds. The minimum atomic E-state index is -0.335. The summed E-state index contributed by atoms with van der Waals surface area (Å²) in [5.41, 5.74) is 4.67. The van der Waals surface area contributed by atoms with Gasteiger partial charge in [-0.2, -0.15) is 0 Å². The fraction of sp³-hybridized carbons (Fsp3) is 0.350. The number of amides is 2. The Balaban J connectivity index is 1.53. The van der Waals surface area contributed by atoms with Crippen molar-refractivity contribution in [3.8, 4) is 5.75 Å². The van der Waals surface area contributed by atoms with Crippen LogP contribution in [0.25, 0.3) is 0 Å². The van der Waals surface area contributed by atoms with Crippen molar-refractivity contribution in [3.63, 3.8) is 0 Å². The first-order chi connectivity index (χ1) is 12.6. The minimum Gasteiger partial charge on any atom is -0.493 e. The third-order valence-electron chi connectivity index (χ3n) is 4.64. The Morgan fingerprint density at radius 2 is 2.12 bits per heavy atom. The normalized spacial score (nSPS) is 18.1. The number of carbonyl (C=O) groups is 1. The molecule has 1 atom stereocenters. The fourth-order valence-corrected chi connectivity index (χ4v) is 3.17. The summed E-state index contributed by atoms with van der Waals surface area (Å²) >= 11 is 0. The van der Waals surface area contributed by atoms with Gasteiger partial charge in [0, 0.05) is 19.2 Å². The number of anilines is 1. The van der Waals surface area contributed by atoms with Crippen molar-refractivity contribution in [1.82, 2.24) is 5.06 Å². The Bertz CT molecular complexity index is 750. The van der Waals surface area contributed by atoms with Crippen LogP contribution in [0.4, 0.5) is 10.5 Å². The molecule has 26 heavy (non-hydrogen) atoms. The number of nitrogens with zero attached hydrogens (tertiary/aromatic N) is 1. The summed E-state index contributed by atoms with van der Waals surface area (Å²) < 4.78 is 11.1. The lowest BCUT2D eigenvalue weighted by Gasteiger charge is -2.15. The average molecular weight is 356 g/mol. The highest BCUT2D eigenvalue weighted by Crippen LogP contribution is 2.40. The van der Waals surface area contributed by atoms with Crippen LogP contribution in [0.3, 0.4) is 0 Å². The van der Waals surface area contributed by atoms with E-state index in [0.29, 0.717) is 18.2 Å². The van der Waals surface area contributed by atoms with Crippen LogP contribution in [0.2, 0.25) is 0 Å². The second kappa shape index (κ2) is 8.10. The second-order valence-corrected chi connectivity index (χ2v) is 6.36. The maximum absolute atomic E-state index is 11.7. The minimum absolute atomic E-state index is 0.335. The zero-order chi connectivity index (χ0) is 18.5. The van der Waals surface area contributed by atoms with Crippen molar-refractivity contribution in [2.24, 2.45) is 5.92 Å². The number of benzene rings is 1. The van der Waals surface area contributed by atoms with E-state index in [9.17, 15) is 4.79 Å². The van der Waals surface area contributed by atoms with Gasteiger partial charge < -0.3 is 14.8 Å². The van der Waals surface area contributed by atoms with Gasteiger partial charge in [0.15, 0.2) is 0 Å². The molecule has 1 N–H and O–H groups in total. The molecule has 0 bridgehead atoms. The topological polar surface area (TPSA) is 60.0 Å². The van der Waals surface area contributed by atoms with E-state index in [4.69, 9.17) is 14.3 Å². The SMILES string of the molecule is CON(C)C(=O)Nc1ccc(OCCC2=C3C=COC=C3CC2C)cc1. The molecule has 3 rings (SSSR count). The average Bonchev–Trinajstić information content (AvgIpc) is 2.98. The van der Waals surface area contributed by atoms with Gasteiger partial charge in [0.1, 0.15) is 5.75 Å². The molecule has 0 saturated carbocycles. The molecule has 0 fully saturated rings. The summed E-state index contributed by atoms with van der Waals surface area (Å²) in [7, 11) is 2.98. The second-order valence-electron chi connectivity index (χ2n) is 6.36. The number of urea groups is 1. The largest absolute Gasteiger partial charge is 0.493 e. The van der Waals surface area contributed by atoms with E-state index in [1.165, 1.54) is 23.8 Å². The molecular formula is C20H24N2O4. The van der Waals surface area contributed by atoms with E-state index in [1.54, 1.807) is 25.4 Å². The number of nitrogens with one attached hydrogen (secondary N) is 1. The molecule has 2 aliphatic rings. The molecule has 1 aliphatic carbocycles. The van der Waals surface area contributed by atoms with Crippen molar-refractivity contribution in [2.45, 2.75) is 19.8 Å². The molecule has 6 heteroatoms. The Morgan fingerprint density at radius 3 is 2.85 bits per heavy atom. The lowest BCUT2D eigenvalue weighted by atomic mass is 10.00. The third kappa shape index (κ3) is 4.08. The molecule has 0 aromatic heterocycles. The van der Waals surface area contributed by atoms with Gasteiger partial charge in [-0.1, -0.05) is 12.5 Å². The zero-order valence-electron chi connectivity index (χ0n) is 15.3. The van der Waals surface area contributed by atoms with Gasteiger partial charge >= 0.3 is 6.03 Å². The smallest absolute Gasteiger partial charge is 0.345 e. The monoisotopic (exact) mass is 356 g/mol. The van der Waals surface area contributed by atoms with Gasteiger partial charge in [0.2, 0.25) is 0 Å². The summed E-state index contributed by atoms with van der Waals surface area (Å²) in [5, 5.41) is 3.85. The molecule has 1 aromatic rings. The number of carbonyl (C=O) groups excluding carboxylic acids is 1. The highest BCUT2D eigenvalue weighted by molar-refractivity contribution is 5.88. The predicted octanol–water partition coefficient (Wildman–Crippen LogP) is 4.24.